The Morgan fingerprint density at radius 2 is 1.94 bits per heavy atom. The van der Waals surface area contributed by atoms with E-state index in [9.17, 15) is 0 Å². The minimum Gasteiger partial charge on any atom is -0.326 e. The highest BCUT2D eigenvalue weighted by atomic mass is 15.4. The molecule has 0 unspecified atom stereocenters. The molecule has 96 valence electrons. The van der Waals surface area contributed by atoms with Gasteiger partial charge in [-0.1, -0.05) is 19.9 Å². The van der Waals surface area contributed by atoms with E-state index in [0.717, 1.165) is 41.6 Å². The van der Waals surface area contributed by atoms with Crippen LogP contribution in [-0.4, -0.2) is 19.7 Å². The molecule has 0 amide bonds. The van der Waals surface area contributed by atoms with Crippen LogP contribution in [0.5, 0.6) is 0 Å². The summed E-state index contributed by atoms with van der Waals surface area (Å²) in [6, 6.07) is 3.95. The summed E-state index contributed by atoms with van der Waals surface area (Å²) in [4.78, 5) is 9.03. The number of hydrogen-bond acceptors (Lipinski definition) is 4. The predicted molar refractivity (Wildman–Crippen MR) is 70.5 cm³/mol. The van der Waals surface area contributed by atoms with Crippen molar-refractivity contribution in [2.75, 3.05) is 0 Å². The molecule has 5 nitrogen and oxygen atoms in total. The molecule has 0 bridgehead atoms. The Labute approximate surface area is 107 Å². The Balaban J connectivity index is 2.47. The maximum atomic E-state index is 5.65. The summed E-state index contributed by atoms with van der Waals surface area (Å²) in [6.07, 6.45) is 1.67. The summed E-state index contributed by atoms with van der Waals surface area (Å²) in [6.45, 7) is 6.60. The van der Waals surface area contributed by atoms with Gasteiger partial charge in [0.05, 0.1) is 0 Å². The highest BCUT2D eigenvalue weighted by molar-refractivity contribution is 5.30. The lowest BCUT2D eigenvalue weighted by Crippen LogP contribution is -2.08. The zero-order valence-corrected chi connectivity index (χ0v) is 11.1. The van der Waals surface area contributed by atoms with Crippen molar-refractivity contribution in [3.8, 4) is 5.82 Å². The molecule has 0 spiro atoms. The second kappa shape index (κ2) is 5.27. The second-order valence-electron chi connectivity index (χ2n) is 4.18. The molecule has 0 radical (unpaired) electrons. The molecule has 2 heterocycles. The van der Waals surface area contributed by atoms with Gasteiger partial charge in [0.15, 0.2) is 11.6 Å². The molecule has 2 aromatic rings. The van der Waals surface area contributed by atoms with Gasteiger partial charge in [0.2, 0.25) is 0 Å². The monoisotopic (exact) mass is 245 g/mol. The maximum Gasteiger partial charge on any atom is 0.155 e. The van der Waals surface area contributed by atoms with Gasteiger partial charge >= 0.3 is 0 Å². The fourth-order valence-electron chi connectivity index (χ4n) is 1.86. The van der Waals surface area contributed by atoms with Crippen LogP contribution >= 0.6 is 0 Å². The van der Waals surface area contributed by atoms with E-state index < -0.39 is 0 Å². The van der Waals surface area contributed by atoms with Crippen molar-refractivity contribution in [2.24, 2.45) is 5.73 Å². The molecule has 0 aromatic carbocycles. The fourth-order valence-corrected chi connectivity index (χ4v) is 1.86. The third-order valence-electron chi connectivity index (χ3n) is 2.97. The molecule has 2 N–H and O–H groups in total. The molecule has 0 atom stereocenters. The molecule has 0 fully saturated rings. The second-order valence-corrected chi connectivity index (χ2v) is 4.18. The number of pyridine rings is 1. The van der Waals surface area contributed by atoms with E-state index >= 15 is 0 Å². The topological polar surface area (TPSA) is 69.6 Å². The van der Waals surface area contributed by atoms with Crippen molar-refractivity contribution in [3.63, 3.8) is 0 Å². The average Bonchev–Trinajstić information content (AvgIpc) is 2.82. The Kier molecular flexibility index (Phi) is 3.72. The minimum atomic E-state index is 0.511. The summed E-state index contributed by atoms with van der Waals surface area (Å²) in [5.41, 5.74) is 7.66. The largest absolute Gasteiger partial charge is 0.326 e. The van der Waals surface area contributed by atoms with Crippen LogP contribution in [0.15, 0.2) is 12.1 Å². The molecule has 2 aromatic heterocycles. The molecule has 5 heteroatoms. The summed E-state index contributed by atoms with van der Waals surface area (Å²) in [7, 11) is 0. The predicted octanol–water partition coefficient (Wildman–Crippen LogP) is 1.55. The van der Waals surface area contributed by atoms with Crippen molar-refractivity contribution in [1.29, 1.82) is 0 Å². The first-order valence-electron chi connectivity index (χ1n) is 6.31. The standard InChI is InChI=1S/C13H19N5/c1-4-11-16-12(5-2)18(17-11)13-7-6-10(8-14)9(3)15-13/h6-7H,4-5,8,14H2,1-3H3. The van der Waals surface area contributed by atoms with Gasteiger partial charge in [0, 0.05) is 25.1 Å². The number of hydrogen-bond donors (Lipinski definition) is 1. The van der Waals surface area contributed by atoms with Crippen LogP contribution in [0, 0.1) is 6.92 Å². The summed E-state index contributed by atoms with van der Waals surface area (Å²) in [5, 5.41) is 4.48. The van der Waals surface area contributed by atoms with Gasteiger partial charge in [-0.15, -0.1) is 5.10 Å². The molecule has 0 aliphatic rings. The van der Waals surface area contributed by atoms with Crippen LogP contribution in [0.25, 0.3) is 5.82 Å². The minimum absolute atomic E-state index is 0.511. The third-order valence-corrected chi connectivity index (χ3v) is 2.97. The number of aryl methyl sites for hydroxylation is 3. The first-order chi connectivity index (χ1) is 8.69. The maximum absolute atomic E-state index is 5.65. The number of rotatable bonds is 4. The van der Waals surface area contributed by atoms with E-state index in [1.54, 1.807) is 0 Å². The molecular weight excluding hydrogens is 226 g/mol. The summed E-state index contributed by atoms with van der Waals surface area (Å²) < 4.78 is 1.83. The smallest absolute Gasteiger partial charge is 0.155 e. The van der Waals surface area contributed by atoms with E-state index in [2.05, 4.69) is 28.9 Å². The van der Waals surface area contributed by atoms with Crippen molar-refractivity contribution < 1.29 is 0 Å². The summed E-state index contributed by atoms with van der Waals surface area (Å²) >= 11 is 0. The van der Waals surface area contributed by atoms with Crippen LogP contribution in [0.2, 0.25) is 0 Å². The van der Waals surface area contributed by atoms with E-state index in [1.807, 2.05) is 23.7 Å². The van der Waals surface area contributed by atoms with Crippen LogP contribution in [-0.2, 0) is 19.4 Å². The first-order valence-corrected chi connectivity index (χ1v) is 6.31. The molecule has 0 saturated heterocycles. The third kappa shape index (κ3) is 2.26. The van der Waals surface area contributed by atoms with Crippen LogP contribution in [0.1, 0.15) is 36.8 Å². The molecule has 0 saturated carbocycles. The van der Waals surface area contributed by atoms with Crippen molar-refractivity contribution in [1.82, 2.24) is 19.7 Å². The van der Waals surface area contributed by atoms with Crippen LogP contribution in [0.3, 0.4) is 0 Å². The normalized spacial score (nSPS) is 10.9. The van der Waals surface area contributed by atoms with Gasteiger partial charge < -0.3 is 5.73 Å². The zero-order valence-electron chi connectivity index (χ0n) is 11.1. The Bertz CT molecular complexity index is 544. The van der Waals surface area contributed by atoms with Crippen molar-refractivity contribution in [3.05, 3.63) is 35.0 Å². The lowest BCUT2D eigenvalue weighted by molar-refractivity contribution is 0.763. The van der Waals surface area contributed by atoms with Gasteiger partial charge in [0.25, 0.3) is 0 Å². The van der Waals surface area contributed by atoms with Gasteiger partial charge in [-0.3, -0.25) is 0 Å². The molecule has 0 aliphatic carbocycles. The number of aromatic nitrogens is 4. The van der Waals surface area contributed by atoms with Gasteiger partial charge in [-0.25, -0.2) is 9.97 Å². The Morgan fingerprint density at radius 1 is 1.17 bits per heavy atom. The lowest BCUT2D eigenvalue weighted by Gasteiger charge is -2.07. The Morgan fingerprint density at radius 3 is 2.50 bits per heavy atom. The van der Waals surface area contributed by atoms with Gasteiger partial charge in [-0.05, 0) is 18.6 Å². The molecule has 0 aliphatic heterocycles. The van der Waals surface area contributed by atoms with E-state index in [4.69, 9.17) is 5.73 Å². The first kappa shape index (κ1) is 12.7. The molecule has 2 rings (SSSR count). The van der Waals surface area contributed by atoms with Crippen molar-refractivity contribution in [2.45, 2.75) is 40.2 Å². The van der Waals surface area contributed by atoms with Gasteiger partial charge in [-0.2, -0.15) is 4.68 Å². The highest BCUT2D eigenvalue weighted by Crippen LogP contribution is 2.12. The number of nitrogens with two attached hydrogens (primary N) is 1. The quantitative estimate of drug-likeness (QED) is 0.887. The number of nitrogens with zero attached hydrogens (tertiary/aromatic N) is 4. The van der Waals surface area contributed by atoms with Crippen LogP contribution < -0.4 is 5.73 Å². The Hall–Kier alpha value is -1.75. The SMILES string of the molecule is CCc1nc(CC)n(-c2ccc(CN)c(C)n2)n1. The summed E-state index contributed by atoms with van der Waals surface area (Å²) in [5.74, 6) is 2.61. The van der Waals surface area contributed by atoms with E-state index in [-0.39, 0.29) is 0 Å². The van der Waals surface area contributed by atoms with E-state index in [1.165, 1.54) is 0 Å². The van der Waals surface area contributed by atoms with E-state index in [0.29, 0.717) is 6.54 Å². The van der Waals surface area contributed by atoms with Crippen molar-refractivity contribution >= 4 is 0 Å². The average molecular weight is 245 g/mol. The van der Waals surface area contributed by atoms with Crippen LogP contribution in [0.4, 0.5) is 0 Å². The lowest BCUT2D eigenvalue weighted by atomic mass is 10.2. The fraction of sp³-hybridized carbons (Fsp3) is 0.462. The van der Waals surface area contributed by atoms with Gasteiger partial charge in [0.1, 0.15) is 5.82 Å². The zero-order chi connectivity index (χ0) is 13.1. The highest BCUT2D eigenvalue weighted by Gasteiger charge is 2.10. The molecular formula is C13H19N5. The molecule has 18 heavy (non-hydrogen) atoms.